The van der Waals surface area contributed by atoms with Crippen LogP contribution in [0.2, 0.25) is 0 Å². The highest BCUT2D eigenvalue weighted by molar-refractivity contribution is 5.96. The number of amides is 1. The number of nitrogens with zero attached hydrogens (tertiary/aromatic N) is 4. The van der Waals surface area contributed by atoms with E-state index in [0.717, 1.165) is 10.9 Å². The van der Waals surface area contributed by atoms with E-state index in [2.05, 4.69) is 36.6 Å². The van der Waals surface area contributed by atoms with Crippen LogP contribution in [0.15, 0.2) is 48.9 Å². The van der Waals surface area contributed by atoms with E-state index in [4.69, 9.17) is 5.73 Å². The summed E-state index contributed by atoms with van der Waals surface area (Å²) in [5.41, 5.74) is 9.47. The summed E-state index contributed by atoms with van der Waals surface area (Å²) in [4.78, 5) is 27.8. The second-order valence-electron chi connectivity index (χ2n) is 7.26. The molecule has 0 spiro atoms. The van der Waals surface area contributed by atoms with Gasteiger partial charge in [-0.2, -0.15) is 5.26 Å². The van der Waals surface area contributed by atoms with Crippen molar-refractivity contribution in [3.05, 3.63) is 60.0 Å². The molecule has 4 rings (SSSR count). The molecule has 0 radical (unpaired) electrons. The van der Waals surface area contributed by atoms with Gasteiger partial charge in [0.15, 0.2) is 0 Å². The van der Waals surface area contributed by atoms with Gasteiger partial charge in [-0.15, -0.1) is 0 Å². The van der Waals surface area contributed by atoms with Crippen LogP contribution >= 0.6 is 0 Å². The Morgan fingerprint density at radius 1 is 1.19 bits per heavy atom. The Morgan fingerprint density at radius 3 is 2.77 bits per heavy atom. The Balaban J connectivity index is 1.75. The summed E-state index contributed by atoms with van der Waals surface area (Å²) in [6.45, 7) is 3.98. The monoisotopic (exact) mass is 412 g/mol. The molecule has 0 atom stereocenters. The van der Waals surface area contributed by atoms with E-state index in [9.17, 15) is 10.1 Å². The molecule has 0 fully saturated rings. The van der Waals surface area contributed by atoms with Crippen LogP contribution in [-0.2, 0) is 0 Å². The summed E-state index contributed by atoms with van der Waals surface area (Å²) in [5.74, 6) is -0.0485. The Hall–Kier alpha value is -4.45. The minimum absolute atomic E-state index is 0.150. The predicted molar refractivity (Wildman–Crippen MR) is 119 cm³/mol. The van der Waals surface area contributed by atoms with Crippen LogP contribution in [0.3, 0.4) is 0 Å². The molecule has 1 aromatic carbocycles. The van der Waals surface area contributed by atoms with E-state index in [1.807, 2.05) is 26.0 Å². The Bertz CT molecular complexity index is 1320. The normalized spacial score (nSPS) is 10.8. The molecule has 4 aromatic rings. The minimum Gasteiger partial charge on any atom is -0.366 e. The standard InChI is InChI=1S/C22H20N8O/c1-12(2)28-22-27-9-14(8-23)19(30-22)18-11-26-21-17(18)7-16(10-25-21)29-15-5-3-4-13(6-15)20(24)31/h3-7,9-12,29H,1-2H3,(H2,24,31)(H,25,26)(H,27,28,30). The first-order valence-electron chi connectivity index (χ1n) is 9.62. The van der Waals surface area contributed by atoms with Crippen LogP contribution in [-0.4, -0.2) is 31.9 Å². The van der Waals surface area contributed by atoms with E-state index >= 15 is 0 Å². The number of nitriles is 1. The molecule has 0 saturated heterocycles. The highest BCUT2D eigenvalue weighted by atomic mass is 16.1. The number of rotatable bonds is 6. The summed E-state index contributed by atoms with van der Waals surface area (Å²) in [6.07, 6.45) is 4.96. The summed E-state index contributed by atoms with van der Waals surface area (Å²) in [5, 5.41) is 16.7. The van der Waals surface area contributed by atoms with Crippen LogP contribution in [0.25, 0.3) is 22.3 Å². The maximum absolute atomic E-state index is 11.4. The number of anilines is 3. The second-order valence-corrected chi connectivity index (χ2v) is 7.26. The Labute approximate surface area is 178 Å². The van der Waals surface area contributed by atoms with Crippen LogP contribution in [0.4, 0.5) is 17.3 Å². The zero-order valence-electron chi connectivity index (χ0n) is 17.0. The van der Waals surface area contributed by atoms with Crippen molar-refractivity contribution < 1.29 is 4.79 Å². The van der Waals surface area contributed by atoms with Gasteiger partial charge in [-0.3, -0.25) is 4.79 Å². The van der Waals surface area contributed by atoms with Gasteiger partial charge in [-0.05, 0) is 38.1 Å². The van der Waals surface area contributed by atoms with Crippen molar-refractivity contribution in [2.45, 2.75) is 19.9 Å². The lowest BCUT2D eigenvalue weighted by Gasteiger charge is -2.10. The SMILES string of the molecule is CC(C)Nc1ncc(C#N)c(-c2c[nH]c3ncc(Nc4cccc(C(N)=O)c4)cc23)n1. The highest BCUT2D eigenvalue weighted by Gasteiger charge is 2.15. The minimum atomic E-state index is -0.497. The summed E-state index contributed by atoms with van der Waals surface area (Å²) >= 11 is 0. The largest absolute Gasteiger partial charge is 0.366 e. The van der Waals surface area contributed by atoms with Gasteiger partial charge in [-0.25, -0.2) is 15.0 Å². The van der Waals surface area contributed by atoms with Crippen molar-refractivity contribution in [1.82, 2.24) is 19.9 Å². The number of hydrogen-bond donors (Lipinski definition) is 4. The third-order valence-electron chi connectivity index (χ3n) is 4.55. The fourth-order valence-corrected chi connectivity index (χ4v) is 3.18. The van der Waals surface area contributed by atoms with Crippen molar-refractivity contribution >= 4 is 34.3 Å². The van der Waals surface area contributed by atoms with Gasteiger partial charge in [0.25, 0.3) is 0 Å². The fourth-order valence-electron chi connectivity index (χ4n) is 3.18. The van der Waals surface area contributed by atoms with Crippen molar-refractivity contribution in [3.63, 3.8) is 0 Å². The number of nitrogens with one attached hydrogen (secondary N) is 3. The van der Waals surface area contributed by atoms with E-state index in [0.29, 0.717) is 39.8 Å². The number of pyridine rings is 1. The van der Waals surface area contributed by atoms with Crippen LogP contribution in [0.1, 0.15) is 29.8 Å². The van der Waals surface area contributed by atoms with Gasteiger partial charge < -0.3 is 21.4 Å². The summed E-state index contributed by atoms with van der Waals surface area (Å²) < 4.78 is 0. The number of primary amides is 1. The number of aromatic amines is 1. The molecule has 0 aliphatic rings. The van der Waals surface area contributed by atoms with Gasteiger partial charge >= 0.3 is 0 Å². The van der Waals surface area contributed by atoms with Crippen molar-refractivity contribution in [2.24, 2.45) is 5.73 Å². The number of H-pyrrole nitrogens is 1. The van der Waals surface area contributed by atoms with E-state index in [1.54, 1.807) is 30.6 Å². The maximum Gasteiger partial charge on any atom is 0.248 e. The second kappa shape index (κ2) is 8.12. The number of benzene rings is 1. The first-order chi connectivity index (χ1) is 14.9. The molecule has 31 heavy (non-hydrogen) atoms. The molecule has 9 nitrogen and oxygen atoms in total. The maximum atomic E-state index is 11.4. The van der Waals surface area contributed by atoms with Gasteiger partial charge in [0.05, 0.1) is 29.3 Å². The topological polar surface area (TPSA) is 145 Å². The average molecular weight is 412 g/mol. The van der Waals surface area contributed by atoms with Crippen LogP contribution in [0.5, 0.6) is 0 Å². The molecular formula is C22H20N8O. The average Bonchev–Trinajstić information content (AvgIpc) is 3.16. The van der Waals surface area contributed by atoms with Crippen molar-refractivity contribution in [2.75, 3.05) is 10.6 Å². The molecule has 0 aliphatic heterocycles. The number of hydrogen-bond acceptors (Lipinski definition) is 7. The van der Waals surface area contributed by atoms with E-state index < -0.39 is 5.91 Å². The van der Waals surface area contributed by atoms with Gasteiger partial charge in [0.2, 0.25) is 11.9 Å². The van der Waals surface area contributed by atoms with Gasteiger partial charge in [-0.1, -0.05) is 6.07 Å². The molecule has 0 bridgehead atoms. The van der Waals surface area contributed by atoms with Crippen LogP contribution in [0, 0.1) is 11.3 Å². The molecule has 154 valence electrons. The molecule has 9 heteroatoms. The molecule has 0 aliphatic carbocycles. The smallest absolute Gasteiger partial charge is 0.248 e. The third kappa shape index (κ3) is 4.13. The number of nitrogens with two attached hydrogens (primary N) is 1. The molecule has 0 saturated carbocycles. The quantitative estimate of drug-likeness (QED) is 0.379. The number of carbonyl (C=O) groups excluding carboxylic acids is 1. The van der Waals surface area contributed by atoms with Crippen molar-refractivity contribution in [1.29, 1.82) is 5.26 Å². The third-order valence-corrected chi connectivity index (χ3v) is 4.55. The van der Waals surface area contributed by atoms with Crippen molar-refractivity contribution in [3.8, 4) is 17.3 Å². The van der Waals surface area contributed by atoms with E-state index in [1.165, 1.54) is 6.20 Å². The van der Waals surface area contributed by atoms with Gasteiger partial charge in [0, 0.05) is 34.4 Å². The molecule has 5 N–H and O–H groups in total. The van der Waals surface area contributed by atoms with Gasteiger partial charge in [0.1, 0.15) is 11.7 Å². The first-order valence-corrected chi connectivity index (χ1v) is 9.62. The fraction of sp³-hybridized carbons (Fsp3) is 0.136. The lowest BCUT2D eigenvalue weighted by molar-refractivity contribution is 0.100. The zero-order valence-corrected chi connectivity index (χ0v) is 17.0. The molecule has 1 amide bonds. The van der Waals surface area contributed by atoms with Crippen LogP contribution < -0.4 is 16.4 Å². The molecule has 0 unspecified atom stereocenters. The first kappa shape index (κ1) is 19.8. The lowest BCUT2D eigenvalue weighted by atomic mass is 10.1. The highest BCUT2D eigenvalue weighted by Crippen LogP contribution is 2.31. The molecule has 3 aromatic heterocycles. The molecular weight excluding hydrogens is 392 g/mol. The summed E-state index contributed by atoms with van der Waals surface area (Å²) in [7, 11) is 0. The Morgan fingerprint density at radius 2 is 2.03 bits per heavy atom. The summed E-state index contributed by atoms with van der Waals surface area (Å²) in [6, 6.07) is 11.1. The number of fused-ring (bicyclic) bond motifs is 1. The lowest BCUT2D eigenvalue weighted by Crippen LogP contribution is -2.13. The van der Waals surface area contributed by atoms with E-state index in [-0.39, 0.29) is 6.04 Å². The molecule has 3 heterocycles. The zero-order chi connectivity index (χ0) is 22.0. The number of carbonyl (C=O) groups is 1. The Kier molecular flexibility index (Phi) is 5.20. The predicted octanol–water partition coefficient (Wildman–Crippen LogP) is 3.55. The number of aromatic nitrogens is 4.